The molecule has 0 bridgehead atoms. The van der Waals surface area contributed by atoms with Gasteiger partial charge in [0.05, 0.1) is 23.2 Å². The standard InChI is InChI=1S/C20H28N2O3S.ClH/c1-4-21(5-2)15-19(23)16-22(18-11-9-10-17(3)14-18)26(24,25)20-12-7-6-8-13-20;/h6-14,19,23H,4-5,15-16H2,1-3H3;1H. The average molecular weight is 413 g/mol. The molecular weight excluding hydrogens is 384 g/mol. The molecule has 7 heteroatoms. The number of nitrogens with zero attached hydrogens (tertiary/aromatic N) is 2. The van der Waals surface area contributed by atoms with E-state index in [0.717, 1.165) is 18.7 Å². The molecule has 0 aliphatic carbocycles. The zero-order chi connectivity index (χ0) is 19.2. The van der Waals surface area contributed by atoms with Crippen molar-refractivity contribution in [3.05, 3.63) is 60.2 Å². The number of aliphatic hydroxyl groups excluding tert-OH is 1. The number of halogens is 1. The van der Waals surface area contributed by atoms with Crippen LogP contribution in [0.15, 0.2) is 59.5 Å². The molecule has 0 heterocycles. The highest BCUT2D eigenvalue weighted by Gasteiger charge is 2.27. The SMILES string of the molecule is CCN(CC)CC(O)CN(c1cccc(C)c1)S(=O)(=O)c1ccccc1.Cl. The summed E-state index contributed by atoms with van der Waals surface area (Å²) < 4.78 is 27.7. The molecule has 0 aromatic heterocycles. The molecule has 0 aliphatic rings. The van der Waals surface area contributed by atoms with E-state index in [2.05, 4.69) is 4.90 Å². The fourth-order valence-corrected chi connectivity index (χ4v) is 4.39. The van der Waals surface area contributed by atoms with Crippen LogP contribution in [0.4, 0.5) is 5.69 Å². The fourth-order valence-electron chi connectivity index (χ4n) is 2.87. The van der Waals surface area contributed by atoms with Gasteiger partial charge >= 0.3 is 0 Å². The second-order valence-electron chi connectivity index (χ2n) is 6.33. The van der Waals surface area contributed by atoms with Crippen molar-refractivity contribution >= 4 is 28.1 Å². The Morgan fingerprint density at radius 3 is 2.15 bits per heavy atom. The van der Waals surface area contributed by atoms with E-state index in [0.29, 0.717) is 12.2 Å². The zero-order valence-corrected chi connectivity index (χ0v) is 17.7. The molecule has 0 aliphatic heterocycles. The number of sulfonamides is 1. The predicted octanol–water partition coefficient (Wildman–Crippen LogP) is 3.31. The smallest absolute Gasteiger partial charge is 0.264 e. The first-order valence-electron chi connectivity index (χ1n) is 8.93. The van der Waals surface area contributed by atoms with Gasteiger partial charge in [-0.25, -0.2) is 8.42 Å². The monoisotopic (exact) mass is 412 g/mol. The summed E-state index contributed by atoms with van der Waals surface area (Å²) in [6.45, 7) is 8.03. The molecule has 0 amide bonds. The Hall–Kier alpha value is -1.60. The molecule has 150 valence electrons. The van der Waals surface area contributed by atoms with Gasteiger partial charge in [0, 0.05) is 6.54 Å². The number of aryl methyl sites for hydroxylation is 1. The molecule has 1 unspecified atom stereocenters. The lowest BCUT2D eigenvalue weighted by Crippen LogP contribution is -2.43. The Kier molecular flexibility index (Phi) is 9.26. The van der Waals surface area contributed by atoms with E-state index in [4.69, 9.17) is 0 Å². The van der Waals surface area contributed by atoms with Crippen molar-refractivity contribution in [2.45, 2.75) is 31.8 Å². The number of aliphatic hydroxyl groups is 1. The van der Waals surface area contributed by atoms with Crippen LogP contribution in [0.2, 0.25) is 0 Å². The van der Waals surface area contributed by atoms with Gasteiger partial charge in [-0.1, -0.05) is 44.2 Å². The van der Waals surface area contributed by atoms with Crippen LogP contribution in [0.3, 0.4) is 0 Å². The highest BCUT2D eigenvalue weighted by molar-refractivity contribution is 7.92. The largest absolute Gasteiger partial charge is 0.390 e. The molecule has 0 fully saturated rings. The van der Waals surface area contributed by atoms with Crippen LogP contribution in [0, 0.1) is 6.92 Å². The van der Waals surface area contributed by atoms with Gasteiger partial charge in [-0.15, -0.1) is 12.4 Å². The Morgan fingerprint density at radius 1 is 0.963 bits per heavy atom. The van der Waals surface area contributed by atoms with Gasteiger partial charge in [-0.3, -0.25) is 4.31 Å². The quantitative estimate of drug-likeness (QED) is 0.686. The van der Waals surface area contributed by atoms with Crippen molar-refractivity contribution in [2.75, 3.05) is 30.5 Å². The van der Waals surface area contributed by atoms with Crippen LogP contribution in [0.1, 0.15) is 19.4 Å². The van der Waals surface area contributed by atoms with Crippen molar-refractivity contribution < 1.29 is 13.5 Å². The third kappa shape index (κ3) is 6.21. The highest BCUT2D eigenvalue weighted by Crippen LogP contribution is 2.25. The minimum absolute atomic E-state index is 0. The zero-order valence-electron chi connectivity index (χ0n) is 16.1. The average Bonchev–Trinajstić information content (AvgIpc) is 2.64. The minimum Gasteiger partial charge on any atom is -0.390 e. The summed E-state index contributed by atoms with van der Waals surface area (Å²) in [4.78, 5) is 2.30. The summed E-state index contributed by atoms with van der Waals surface area (Å²) in [5, 5.41) is 10.5. The van der Waals surface area contributed by atoms with Crippen LogP contribution in [0.5, 0.6) is 0 Å². The van der Waals surface area contributed by atoms with E-state index in [1.165, 1.54) is 4.31 Å². The van der Waals surface area contributed by atoms with Crippen LogP contribution in [-0.4, -0.2) is 50.7 Å². The number of rotatable bonds is 9. The Morgan fingerprint density at radius 2 is 1.59 bits per heavy atom. The van der Waals surface area contributed by atoms with Crippen molar-refractivity contribution in [1.82, 2.24) is 4.90 Å². The summed E-state index contributed by atoms with van der Waals surface area (Å²) in [6.07, 6.45) is -0.783. The summed E-state index contributed by atoms with van der Waals surface area (Å²) in [7, 11) is -3.76. The molecule has 1 N–H and O–H groups in total. The van der Waals surface area contributed by atoms with Crippen molar-refractivity contribution in [2.24, 2.45) is 0 Å². The van der Waals surface area contributed by atoms with E-state index in [-0.39, 0.29) is 23.8 Å². The highest BCUT2D eigenvalue weighted by atomic mass is 35.5. The Labute approximate surface area is 169 Å². The van der Waals surface area contributed by atoms with E-state index in [1.54, 1.807) is 36.4 Å². The molecule has 5 nitrogen and oxygen atoms in total. The topological polar surface area (TPSA) is 60.9 Å². The van der Waals surface area contributed by atoms with Crippen LogP contribution in [-0.2, 0) is 10.0 Å². The summed E-state index contributed by atoms with van der Waals surface area (Å²) in [5.74, 6) is 0. The van der Waals surface area contributed by atoms with Crippen LogP contribution >= 0.6 is 12.4 Å². The normalized spacial score (nSPS) is 12.5. The minimum atomic E-state index is -3.76. The summed E-state index contributed by atoms with van der Waals surface area (Å²) in [6, 6.07) is 15.7. The molecular formula is C20H29ClN2O3S. The van der Waals surface area contributed by atoms with E-state index >= 15 is 0 Å². The fraction of sp³-hybridized carbons (Fsp3) is 0.400. The third-order valence-corrected chi connectivity index (χ3v) is 6.17. The molecule has 0 saturated heterocycles. The van der Waals surface area contributed by atoms with Gasteiger partial charge in [0.15, 0.2) is 0 Å². The van der Waals surface area contributed by atoms with Crippen molar-refractivity contribution in [3.8, 4) is 0 Å². The third-order valence-electron chi connectivity index (χ3n) is 4.36. The molecule has 0 spiro atoms. The van der Waals surface area contributed by atoms with Gasteiger partial charge in [0.1, 0.15) is 0 Å². The predicted molar refractivity (Wildman–Crippen MR) is 113 cm³/mol. The number of hydrogen-bond donors (Lipinski definition) is 1. The van der Waals surface area contributed by atoms with Gasteiger partial charge < -0.3 is 10.0 Å². The first-order chi connectivity index (χ1) is 12.4. The Balaban J connectivity index is 0.00000364. The lowest BCUT2D eigenvalue weighted by atomic mass is 10.2. The first-order valence-corrected chi connectivity index (χ1v) is 10.4. The maximum atomic E-state index is 13.2. The maximum absolute atomic E-state index is 13.2. The lowest BCUT2D eigenvalue weighted by Gasteiger charge is -2.29. The molecule has 27 heavy (non-hydrogen) atoms. The molecule has 0 radical (unpaired) electrons. The molecule has 2 rings (SSSR count). The van der Waals surface area contributed by atoms with Crippen molar-refractivity contribution in [3.63, 3.8) is 0 Å². The Bertz CT molecular complexity index is 796. The van der Waals surface area contributed by atoms with Crippen molar-refractivity contribution in [1.29, 1.82) is 0 Å². The van der Waals surface area contributed by atoms with E-state index in [1.807, 2.05) is 39.0 Å². The van der Waals surface area contributed by atoms with Crippen LogP contribution in [0.25, 0.3) is 0 Å². The molecule has 0 saturated carbocycles. The first kappa shape index (κ1) is 23.4. The number of hydrogen-bond acceptors (Lipinski definition) is 4. The van der Waals surface area contributed by atoms with E-state index < -0.39 is 16.1 Å². The van der Waals surface area contributed by atoms with Gasteiger partial charge in [-0.05, 0) is 49.8 Å². The number of anilines is 1. The second-order valence-corrected chi connectivity index (χ2v) is 8.19. The summed E-state index contributed by atoms with van der Waals surface area (Å²) in [5.41, 5.74) is 1.53. The molecule has 2 aromatic rings. The number of benzene rings is 2. The molecule has 1 atom stereocenters. The number of likely N-dealkylation sites (N-methyl/N-ethyl adjacent to an activating group) is 1. The van der Waals surface area contributed by atoms with Gasteiger partial charge in [-0.2, -0.15) is 0 Å². The van der Waals surface area contributed by atoms with E-state index in [9.17, 15) is 13.5 Å². The maximum Gasteiger partial charge on any atom is 0.264 e. The molecule has 2 aromatic carbocycles. The lowest BCUT2D eigenvalue weighted by molar-refractivity contribution is 0.125. The summed E-state index contributed by atoms with van der Waals surface area (Å²) >= 11 is 0. The van der Waals surface area contributed by atoms with Gasteiger partial charge in [0.2, 0.25) is 0 Å². The van der Waals surface area contributed by atoms with Gasteiger partial charge in [0.25, 0.3) is 10.0 Å². The second kappa shape index (κ2) is 10.7. The van der Waals surface area contributed by atoms with Crippen LogP contribution < -0.4 is 4.31 Å².